The molecular formula is C21H24ClN5O. The van der Waals surface area contributed by atoms with Crippen LogP contribution in [-0.2, 0) is 0 Å². The monoisotopic (exact) mass is 397 g/mol. The number of carbonyl (C=O) groups is 1. The van der Waals surface area contributed by atoms with Gasteiger partial charge in [-0.05, 0) is 38.1 Å². The Hall–Kier alpha value is -2.57. The number of anilines is 2. The molecule has 0 aliphatic carbocycles. The Morgan fingerprint density at radius 2 is 1.86 bits per heavy atom. The Morgan fingerprint density at radius 1 is 1.11 bits per heavy atom. The van der Waals surface area contributed by atoms with Crippen molar-refractivity contribution in [2.75, 3.05) is 36.4 Å². The molecule has 1 amide bonds. The number of benzene rings is 1. The van der Waals surface area contributed by atoms with Crippen LogP contribution in [0.5, 0.6) is 0 Å². The Kier molecular flexibility index (Phi) is 5.24. The van der Waals surface area contributed by atoms with Gasteiger partial charge < -0.3 is 10.2 Å². The summed E-state index contributed by atoms with van der Waals surface area (Å²) in [5, 5.41) is 3.38. The third-order valence-electron chi connectivity index (χ3n) is 5.25. The number of fused-ring (bicyclic) bond motifs is 1. The molecule has 0 radical (unpaired) electrons. The molecular weight excluding hydrogens is 374 g/mol. The fraction of sp³-hybridized carbons (Fsp3) is 0.333. The maximum atomic E-state index is 12.8. The van der Waals surface area contributed by atoms with Crippen LogP contribution in [0.1, 0.15) is 24.3 Å². The molecule has 1 saturated heterocycles. The number of piperazine rings is 1. The predicted octanol–water partition coefficient (Wildman–Crippen LogP) is 3.77. The molecule has 3 aromatic rings. The minimum Gasteiger partial charge on any atom is -0.368 e. The first-order valence-electron chi connectivity index (χ1n) is 9.55. The molecule has 6 nitrogen and oxygen atoms in total. The van der Waals surface area contributed by atoms with Crippen LogP contribution >= 0.6 is 11.6 Å². The lowest BCUT2D eigenvalue weighted by Crippen LogP contribution is -2.48. The predicted molar refractivity (Wildman–Crippen MR) is 114 cm³/mol. The third-order valence-corrected chi connectivity index (χ3v) is 5.58. The second-order valence-corrected chi connectivity index (χ2v) is 7.72. The number of halogens is 1. The first-order valence-corrected chi connectivity index (χ1v) is 9.93. The molecule has 146 valence electrons. The minimum absolute atomic E-state index is 0.234. The van der Waals surface area contributed by atoms with E-state index in [0.29, 0.717) is 22.4 Å². The minimum atomic E-state index is -0.234. The number of hydrogen-bond donors (Lipinski definition) is 1. The number of aromatic nitrogens is 2. The standard InChI is InChI=1S/C21H24ClN5O/c1-15(2)25-9-11-26(12-10-25)16-7-8-20-23-13-19(27(20)14-16)21(28)24-18-6-4-3-5-17(18)22/h3-8,13-15H,9-12H2,1-2H3,(H,24,28). The van der Waals surface area contributed by atoms with Crippen LogP contribution in [0.25, 0.3) is 5.65 Å². The molecule has 1 aromatic carbocycles. The van der Waals surface area contributed by atoms with E-state index >= 15 is 0 Å². The van der Waals surface area contributed by atoms with Gasteiger partial charge in [0.2, 0.25) is 0 Å². The molecule has 0 saturated carbocycles. The van der Waals surface area contributed by atoms with Crippen molar-refractivity contribution in [1.29, 1.82) is 0 Å². The van der Waals surface area contributed by atoms with Crippen LogP contribution in [0.4, 0.5) is 11.4 Å². The molecule has 0 atom stereocenters. The second-order valence-electron chi connectivity index (χ2n) is 7.31. The summed E-state index contributed by atoms with van der Waals surface area (Å²) in [4.78, 5) is 22.0. The van der Waals surface area contributed by atoms with E-state index in [1.807, 2.05) is 28.8 Å². The maximum Gasteiger partial charge on any atom is 0.274 e. The lowest BCUT2D eigenvalue weighted by molar-refractivity contribution is 0.102. The highest BCUT2D eigenvalue weighted by Crippen LogP contribution is 2.23. The lowest BCUT2D eigenvalue weighted by atomic mass is 10.2. The van der Waals surface area contributed by atoms with E-state index in [0.717, 1.165) is 37.5 Å². The zero-order chi connectivity index (χ0) is 19.7. The molecule has 1 N–H and O–H groups in total. The summed E-state index contributed by atoms with van der Waals surface area (Å²) in [5.41, 5.74) is 2.91. The van der Waals surface area contributed by atoms with Gasteiger partial charge in [0.15, 0.2) is 0 Å². The zero-order valence-corrected chi connectivity index (χ0v) is 16.9. The quantitative estimate of drug-likeness (QED) is 0.728. The summed E-state index contributed by atoms with van der Waals surface area (Å²) in [6, 6.07) is 11.8. The molecule has 1 aliphatic heterocycles. The number of nitrogens with one attached hydrogen (secondary N) is 1. The van der Waals surface area contributed by atoms with Crippen molar-refractivity contribution in [2.24, 2.45) is 0 Å². The number of pyridine rings is 1. The number of amides is 1. The van der Waals surface area contributed by atoms with Crippen LogP contribution in [0.15, 0.2) is 48.8 Å². The van der Waals surface area contributed by atoms with Crippen molar-refractivity contribution >= 4 is 34.5 Å². The van der Waals surface area contributed by atoms with Crippen molar-refractivity contribution in [3.63, 3.8) is 0 Å². The van der Waals surface area contributed by atoms with E-state index in [4.69, 9.17) is 11.6 Å². The van der Waals surface area contributed by atoms with Crippen LogP contribution in [0, 0.1) is 0 Å². The number of carbonyl (C=O) groups excluding carboxylic acids is 1. The Labute approximate surface area is 169 Å². The van der Waals surface area contributed by atoms with Gasteiger partial charge in [0.25, 0.3) is 5.91 Å². The highest BCUT2D eigenvalue weighted by Gasteiger charge is 2.20. The molecule has 0 unspecified atom stereocenters. The first-order chi connectivity index (χ1) is 13.5. The Morgan fingerprint density at radius 3 is 2.57 bits per heavy atom. The Balaban J connectivity index is 1.57. The SMILES string of the molecule is CC(C)N1CCN(c2ccc3ncc(C(=O)Nc4ccccc4Cl)n3c2)CC1. The van der Waals surface area contributed by atoms with Crippen molar-refractivity contribution < 1.29 is 4.79 Å². The molecule has 28 heavy (non-hydrogen) atoms. The number of nitrogens with zero attached hydrogens (tertiary/aromatic N) is 4. The van der Waals surface area contributed by atoms with Gasteiger partial charge in [-0.3, -0.25) is 14.1 Å². The molecule has 1 aliphatic rings. The topological polar surface area (TPSA) is 52.9 Å². The summed E-state index contributed by atoms with van der Waals surface area (Å²) in [6.45, 7) is 8.49. The summed E-state index contributed by atoms with van der Waals surface area (Å²) in [7, 11) is 0. The van der Waals surface area contributed by atoms with E-state index in [9.17, 15) is 4.79 Å². The molecule has 0 spiro atoms. The van der Waals surface area contributed by atoms with Crippen LogP contribution in [0.3, 0.4) is 0 Å². The lowest BCUT2D eigenvalue weighted by Gasteiger charge is -2.38. The average molecular weight is 398 g/mol. The number of para-hydroxylation sites is 1. The van der Waals surface area contributed by atoms with Crippen molar-refractivity contribution in [3.05, 3.63) is 59.5 Å². The van der Waals surface area contributed by atoms with Gasteiger partial charge in [-0.2, -0.15) is 0 Å². The van der Waals surface area contributed by atoms with Crippen molar-refractivity contribution in [1.82, 2.24) is 14.3 Å². The molecule has 3 heterocycles. The second kappa shape index (κ2) is 7.81. The van der Waals surface area contributed by atoms with E-state index in [1.54, 1.807) is 18.3 Å². The summed E-state index contributed by atoms with van der Waals surface area (Å²) < 4.78 is 1.84. The fourth-order valence-corrected chi connectivity index (χ4v) is 3.75. The van der Waals surface area contributed by atoms with Gasteiger partial charge in [0, 0.05) is 38.4 Å². The summed E-state index contributed by atoms with van der Waals surface area (Å²) in [6.07, 6.45) is 3.59. The van der Waals surface area contributed by atoms with E-state index < -0.39 is 0 Å². The first kappa shape index (κ1) is 18.8. The highest BCUT2D eigenvalue weighted by atomic mass is 35.5. The number of rotatable bonds is 4. The fourth-order valence-electron chi connectivity index (χ4n) is 3.57. The molecule has 7 heteroatoms. The molecule has 0 bridgehead atoms. The van der Waals surface area contributed by atoms with E-state index in [1.165, 1.54) is 0 Å². The van der Waals surface area contributed by atoms with Gasteiger partial charge >= 0.3 is 0 Å². The van der Waals surface area contributed by atoms with E-state index in [-0.39, 0.29) is 5.91 Å². The van der Waals surface area contributed by atoms with Gasteiger partial charge in [0.1, 0.15) is 11.3 Å². The molecule has 4 rings (SSSR count). The smallest absolute Gasteiger partial charge is 0.274 e. The molecule has 2 aromatic heterocycles. The van der Waals surface area contributed by atoms with Crippen molar-refractivity contribution in [3.8, 4) is 0 Å². The zero-order valence-electron chi connectivity index (χ0n) is 16.1. The van der Waals surface area contributed by atoms with Crippen LogP contribution in [0.2, 0.25) is 5.02 Å². The Bertz CT molecular complexity index is 991. The van der Waals surface area contributed by atoms with Gasteiger partial charge in [-0.15, -0.1) is 0 Å². The average Bonchev–Trinajstić information content (AvgIpc) is 3.13. The van der Waals surface area contributed by atoms with Crippen LogP contribution in [-0.4, -0.2) is 52.4 Å². The van der Waals surface area contributed by atoms with Gasteiger partial charge in [-0.1, -0.05) is 23.7 Å². The van der Waals surface area contributed by atoms with E-state index in [2.05, 4.69) is 40.0 Å². The molecule has 1 fully saturated rings. The van der Waals surface area contributed by atoms with Crippen molar-refractivity contribution in [2.45, 2.75) is 19.9 Å². The highest BCUT2D eigenvalue weighted by molar-refractivity contribution is 6.33. The van der Waals surface area contributed by atoms with Crippen LogP contribution < -0.4 is 10.2 Å². The summed E-state index contributed by atoms with van der Waals surface area (Å²) >= 11 is 6.16. The normalized spacial score (nSPS) is 15.4. The number of imidazole rings is 1. The third kappa shape index (κ3) is 3.70. The van der Waals surface area contributed by atoms with Gasteiger partial charge in [0.05, 0.1) is 22.6 Å². The summed E-state index contributed by atoms with van der Waals surface area (Å²) in [5.74, 6) is -0.234. The number of hydrogen-bond acceptors (Lipinski definition) is 4. The van der Waals surface area contributed by atoms with Gasteiger partial charge in [-0.25, -0.2) is 4.98 Å². The maximum absolute atomic E-state index is 12.8. The largest absolute Gasteiger partial charge is 0.368 e.